The molecule has 94 valence electrons. The summed E-state index contributed by atoms with van der Waals surface area (Å²) in [6, 6.07) is 1.59. The summed E-state index contributed by atoms with van der Waals surface area (Å²) in [6.07, 6.45) is 5.73. The molecular weight excluding hydrogens is 200 g/mol. The fraction of sp³-hybridized carbons (Fsp3) is 1.00. The molecule has 3 nitrogen and oxygen atoms in total. The van der Waals surface area contributed by atoms with Crippen LogP contribution in [-0.4, -0.2) is 49.3 Å². The maximum atomic E-state index is 5.60. The summed E-state index contributed by atoms with van der Waals surface area (Å²) in [6.45, 7) is 8.75. The number of hydrogen-bond donors (Lipinski definition) is 1. The lowest BCUT2D eigenvalue weighted by Gasteiger charge is -2.38. The molecule has 0 unspecified atom stereocenters. The van der Waals surface area contributed by atoms with E-state index in [-0.39, 0.29) is 0 Å². The molecule has 1 saturated heterocycles. The number of nitrogens with one attached hydrogen (secondary N) is 1. The zero-order valence-electron chi connectivity index (χ0n) is 10.7. The Morgan fingerprint density at radius 3 is 3.06 bits per heavy atom. The molecule has 0 aromatic heterocycles. The van der Waals surface area contributed by atoms with Crippen LogP contribution in [0.4, 0.5) is 0 Å². The molecular formula is C13H26N2O. The summed E-state index contributed by atoms with van der Waals surface area (Å²) < 4.78 is 5.60. The number of fused-ring (bicyclic) bond motifs is 1. The monoisotopic (exact) mass is 226 g/mol. The van der Waals surface area contributed by atoms with Crippen molar-refractivity contribution >= 4 is 0 Å². The summed E-state index contributed by atoms with van der Waals surface area (Å²) in [5.74, 6) is 0. The Morgan fingerprint density at radius 1 is 1.38 bits per heavy atom. The smallest absolute Gasteiger partial charge is 0.0518 e. The molecule has 1 saturated carbocycles. The van der Waals surface area contributed by atoms with Gasteiger partial charge < -0.3 is 10.1 Å². The average molecular weight is 226 g/mol. The lowest BCUT2D eigenvalue weighted by molar-refractivity contribution is 0.0608. The van der Waals surface area contributed by atoms with Crippen molar-refractivity contribution in [3.8, 4) is 0 Å². The van der Waals surface area contributed by atoms with Crippen molar-refractivity contribution in [2.75, 3.05) is 26.2 Å². The van der Waals surface area contributed by atoms with Crippen molar-refractivity contribution < 1.29 is 4.74 Å². The molecule has 1 N–H and O–H groups in total. The molecule has 2 aliphatic rings. The number of nitrogens with zero attached hydrogens (tertiary/aromatic N) is 1. The summed E-state index contributed by atoms with van der Waals surface area (Å²) in [7, 11) is 0. The minimum absolute atomic E-state index is 0.377. The Labute approximate surface area is 99.5 Å². The van der Waals surface area contributed by atoms with E-state index in [1.165, 1.54) is 45.3 Å². The SMILES string of the molecule is CC(C)OCCCN1CCN[C@H]2CCC[C@H]21. The van der Waals surface area contributed by atoms with Gasteiger partial charge in [-0.3, -0.25) is 4.90 Å². The van der Waals surface area contributed by atoms with Gasteiger partial charge in [-0.2, -0.15) is 0 Å². The molecule has 0 amide bonds. The second kappa shape index (κ2) is 5.99. The first-order valence-electron chi connectivity index (χ1n) is 6.86. The molecule has 3 heteroatoms. The Bertz CT molecular complexity index is 208. The fourth-order valence-corrected chi connectivity index (χ4v) is 3.04. The van der Waals surface area contributed by atoms with E-state index in [1.807, 2.05) is 0 Å². The molecule has 1 aliphatic heterocycles. The third kappa shape index (κ3) is 3.19. The van der Waals surface area contributed by atoms with Gasteiger partial charge >= 0.3 is 0 Å². The van der Waals surface area contributed by atoms with Crippen LogP contribution in [0.25, 0.3) is 0 Å². The van der Waals surface area contributed by atoms with Crippen LogP contribution in [0.3, 0.4) is 0 Å². The van der Waals surface area contributed by atoms with Gasteiger partial charge in [0.05, 0.1) is 6.10 Å². The lowest BCUT2D eigenvalue weighted by Crippen LogP contribution is -2.55. The van der Waals surface area contributed by atoms with Gasteiger partial charge in [0.1, 0.15) is 0 Å². The quantitative estimate of drug-likeness (QED) is 0.721. The molecule has 16 heavy (non-hydrogen) atoms. The van der Waals surface area contributed by atoms with E-state index in [4.69, 9.17) is 4.74 Å². The third-order valence-electron chi connectivity index (χ3n) is 3.79. The van der Waals surface area contributed by atoms with Crippen LogP contribution in [0.15, 0.2) is 0 Å². The molecule has 1 aliphatic carbocycles. The van der Waals surface area contributed by atoms with E-state index in [0.29, 0.717) is 6.10 Å². The predicted molar refractivity (Wildman–Crippen MR) is 66.7 cm³/mol. The van der Waals surface area contributed by atoms with Crippen LogP contribution >= 0.6 is 0 Å². The van der Waals surface area contributed by atoms with Crippen LogP contribution in [-0.2, 0) is 4.74 Å². The molecule has 1 heterocycles. The van der Waals surface area contributed by atoms with Crippen LogP contribution in [0, 0.1) is 0 Å². The highest BCUT2D eigenvalue weighted by Crippen LogP contribution is 2.26. The van der Waals surface area contributed by atoms with Gasteiger partial charge in [-0.25, -0.2) is 0 Å². The van der Waals surface area contributed by atoms with Crippen LogP contribution in [0.2, 0.25) is 0 Å². The molecule has 0 aromatic carbocycles. The van der Waals surface area contributed by atoms with E-state index >= 15 is 0 Å². The van der Waals surface area contributed by atoms with E-state index in [1.54, 1.807) is 0 Å². The first-order chi connectivity index (χ1) is 7.77. The minimum atomic E-state index is 0.377. The predicted octanol–water partition coefficient (Wildman–Crippen LogP) is 1.63. The largest absolute Gasteiger partial charge is 0.379 e. The first-order valence-corrected chi connectivity index (χ1v) is 6.86. The van der Waals surface area contributed by atoms with Crippen molar-refractivity contribution in [3.63, 3.8) is 0 Å². The van der Waals surface area contributed by atoms with Gasteiger partial charge in [0.15, 0.2) is 0 Å². The van der Waals surface area contributed by atoms with Crippen molar-refractivity contribution in [3.05, 3.63) is 0 Å². The van der Waals surface area contributed by atoms with Crippen molar-refractivity contribution in [1.82, 2.24) is 10.2 Å². The number of piperazine rings is 1. The lowest BCUT2D eigenvalue weighted by atomic mass is 10.1. The maximum absolute atomic E-state index is 5.60. The van der Waals surface area contributed by atoms with E-state index < -0.39 is 0 Å². The van der Waals surface area contributed by atoms with Gasteiger partial charge in [-0.1, -0.05) is 6.42 Å². The molecule has 0 spiro atoms. The number of ether oxygens (including phenoxy) is 1. The van der Waals surface area contributed by atoms with E-state index in [9.17, 15) is 0 Å². The van der Waals surface area contributed by atoms with E-state index in [0.717, 1.165) is 18.7 Å². The number of hydrogen-bond acceptors (Lipinski definition) is 3. The Hall–Kier alpha value is -0.120. The Balaban J connectivity index is 1.68. The standard InChI is InChI=1S/C13H26N2O/c1-11(2)16-10-4-8-15-9-7-14-12-5-3-6-13(12)15/h11-14H,3-10H2,1-2H3/t12-,13+/m0/s1. The fourth-order valence-electron chi connectivity index (χ4n) is 3.04. The summed E-state index contributed by atoms with van der Waals surface area (Å²) in [4.78, 5) is 2.68. The maximum Gasteiger partial charge on any atom is 0.0518 e. The number of rotatable bonds is 5. The zero-order valence-corrected chi connectivity index (χ0v) is 10.7. The molecule has 2 fully saturated rings. The average Bonchev–Trinajstić information content (AvgIpc) is 2.72. The highest BCUT2D eigenvalue weighted by Gasteiger charge is 2.34. The minimum Gasteiger partial charge on any atom is -0.379 e. The van der Waals surface area contributed by atoms with Crippen molar-refractivity contribution in [1.29, 1.82) is 0 Å². The van der Waals surface area contributed by atoms with Gasteiger partial charge in [-0.15, -0.1) is 0 Å². The van der Waals surface area contributed by atoms with Crippen LogP contribution in [0.5, 0.6) is 0 Å². The second-order valence-corrected chi connectivity index (χ2v) is 5.37. The van der Waals surface area contributed by atoms with Crippen LogP contribution < -0.4 is 5.32 Å². The Kier molecular flexibility index (Phi) is 4.62. The zero-order chi connectivity index (χ0) is 11.4. The molecule has 0 aromatic rings. The molecule has 2 atom stereocenters. The van der Waals surface area contributed by atoms with Crippen LogP contribution in [0.1, 0.15) is 39.5 Å². The second-order valence-electron chi connectivity index (χ2n) is 5.37. The van der Waals surface area contributed by atoms with Crippen molar-refractivity contribution in [2.24, 2.45) is 0 Å². The van der Waals surface area contributed by atoms with Gasteiger partial charge in [0.2, 0.25) is 0 Å². The Morgan fingerprint density at radius 2 is 2.25 bits per heavy atom. The molecule has 2 rings (SSSR count). The topological polar surface area (TPSA) is 24.5 Å². The van der Waals surface area contributed by atoms with E-state index in [2.05, 4.69) is 24.1 Å². The molecule has 0 bridgehead atoms. The first kappa shape index (κ1) is 12.3. The normalized spacial score (nSPS) is 30.9. The summed E-state index contributed by atoms with van der Waals surface area (Å²) in [5.41, 5.74) is 0. The molecule has 0 radical (unpaired) electrons. The third-order valence-corrected chi connectivity index (χ3v) is 3.79. The summed E-state index contributed by atoms with van der Waals surface area (Å²) in [5, 5.41) is 3.65. The summed E-state index contributed by atoms with van der Waals surface area (Å²) >= 11 is 0. The van der Waals surface area contributed by atoms with Gasteiger partial charge in [-0.05, 0) is 33.1 Å². The highest BCUT2D eigenvalue weighted by atomic mass is 16.5. The van der Waals surface area contributed by atoms with Gasteiger partial charge in [0.25, 0.3) is 0 Å². The van der Waals surface area contributed by atoms with Gasteiger partial charge in [0, 0.05) is 38.3 Å². The highest BCUT2D eigenvalue weighted by molar-refractivity contribution is 4.93. The van der Waals surface area contributed by atoms with Crippen molar-refractivity contribution in [2.45, 2.75) is 57.7 Å².